The first-order valence-corrected chi connectivity index (χ1v) is 9.38. The molecule has 0 fully saturated rings. The maximum absolute atomic E-state index is 12.9. The van der Waals surface area contributed by atoms with E-state index in [2.05, 4.69) is 0 Å². The summed E-state index contributed by atoms with van der Waals surface area (Å²) < 4.78 is 5.48. The van der Waals surface area contributed by atoms with Crippen LogP contribution in [0.5, 0.6) is 0 Å². The molecule has 2 amide bonds. The number of aliphatic hydroxyl groups is 1. The summed E-state index contributed by atoms with van der Waals surface area (Å²) in [4.78, 5) is 27.3. The van der Waals surface area contributed by atoms with Gasteiger partial charge in [-0.15, -0.1) is 11.8 Å². The standard InChI is InChI=1S/C19H25NO4S/c1-12(2)24-9-7-20-18(22)16(17(19(20)23)25-10-8-21)15-6-5-13(3)14(4)11-15/h5-6,11-12,21H,7-10H2,1-4H3. The number of aliphatic hydroxyl groups excluding tert-OH is 1. The van der Waals surface area contributed by atoms with Crippen molar-refractivity contribution in [3.8, 4) is 0 Å². The molecule has 0 unspecified atom stereocenters. The third-order valence-electron chi connectivity index (χ3n) is 4.02. The Kier molecular flexibility index (Phi) is 6.81. The average molecular weight is 363 g/mol. The van der Waals surface area contributed by atoms with Gasteiger partial charge in [-0.25, -0.2) is 0 Å². The van der Waals surface area contributed by atoms with Gasteiger partial charge < -0.3 is 9.84 Å². The summed E-state index contributed by atoms with van der Waals surface area (Å²) in [6.45, 7) is 8.30. The highest BCUT2D eigenvalue weighted by Crippen LogP contribution is 2.36. The van der Waals surface area contributed by atoms with Crippen molar-refractivity contribution in [3.63, 3.8) is 0 Å². The van der Waals surface area contributed by atoms with Crippen molar-refractivity contribution in [1.82, 2.24) is 4.90 Å². The lowest BCUT2D eigenvalue weighted by Crippen LogP contribution is -2.35. The van der Waals surface area contributed by atoms with Crippen LogP contribution in [0.3, 0.4) is 0 Å². The van der Waals surface area contributed by atoms with E-state index in [1.165, 1.54) is 16.7 Å². The van der Waals surface area contributed by atoms with Crippen molar-refractivity contribution in [1.29, 1.82) is 0 Å². The van der Waals surface area contributed by atoms with Gasteiger partial charge in [0.05, 0.1) is 36.3 Å². The zero-order valence-corrected chi connectivity index (χ0v) is 16.0. The molecule has 1 aromatic rings. The molecule has 136 valence electrons. The molecule has 1 aliphatic heterocycles. The number of benzene rings is 1. The summed E-state index contributed by atoms with van der Waals surface area (Å²) in [5.74, 6) is -0.218. The fourth-order valence-electron chi connectivity index (χ4n) is 2.57. The smallest absolute Gasteiger partial charge is 0.268 e. The van der Waals surface area contributed by atoms with Gasteiger partial charge >= 0.3 is 0 Å². The summed E-state index contributed by atoms with van der Waals surface area (Å²) in [7, 11) is 0. The van der Waals surface area contributed by atoms with Crippen molar-refractivity contribution in [3.05, 3.63) is 39.8 Å². The van der Waals surface area contributed by atoms with Crippen molar-refractivity contribution < 1.29 is 19.4 Å². The Morgan fingerprint density at radius 2 is 1.88 bits per heavy atom. The van der Waals surface area contributed by atoms with E-state index in [1.807, 2.05) is 45.9 Å². The molecular formula is C19H25NO4S. The lowest BCUT2D eigenvalue weighted by molar-refractivity contribution is -0.137. The van der Waals surface area contributed by atoms with Crippen LogP contribution in [0.15, 0.2) is 23.1 Å². The Balaban J connectivity index is 2.33. The lowest BCUT2D eigenvalue weighted by atomic mass is 10.0. The monoisotopic (exact) mass is 363 g/mol. The van der Waals surface area contributed by atoms with E-state index in [1.54, 1.807) is 0 Å². The number of nitrogens with zero attached hydrogens (tertiary/aromatic N) is 1. The maximum Gasteiger partial charge on any atom is 0.268 e. The second-order valence-corrected chi connectivity index (χ2v) is 7.36. The number of rotatable bonds is 8. The van der Waals surface area contributed by atoms with Gasteiger partial charge in [0.25, 0.3) is 11.8 Å². The summed E-state index contributed by atoms with van der Waals surface area (Å²) in [6.07, 6.45) is 0.0446. The SMILES string of the molecule is Cc1ccc(C2=C(SCCO)C(=O)N(CCOC(C)C)C2=O)cc1C. The quantitative estimate of drug-likeness (QED) is 0.719. The van der Waals surface area contributed by atoms with Crippen LogP contribution in [0, 0.1) is 13.8 Å². The van der Waals surface area contributed by atoms with Crippen molar-refractivity contribution in [2.75, 3.05) is 25.5 Å². The molecule has 2 rings (SSSR count). The molecular weight excluding hydrogens is 338 g/mol. The predicted octanol–water partition coefficient (Wildman–Crippen LogP) is 2.53. The topological polar surface area (TPSA) is 66.8 Å². The summed E-state index contributed by atoms with van der Waals surface area (Å²) in [5.41, 5.74) is 3.37. The van der Waals surface area contributed by atoms with Gasteiger partial charge in [0.1, 0.15) is 0 Å². The van der Waals surface area contributed by atoms with Crippen LogP contribution in [0.25, 0.3) is 5.57 Å². The maximum atomic E-state index is 12.9. The highest BCUT2D eigenvalue weighted by atomic mass is 32.2. The van der Waals surface area contributed by atoms with Crippen LogP contribution < -0.4 is 0 Å². The number of carbonyl (C=O) groups excluding carboxylic acids is 2. The molecule has 0 bridgehead atoms. The number of hydrogen-bond donors (Lipinski definition) is 1. The number of thioether (sulfide) groups is 1. The molecule has 0 radical (unpaired) electrons. The van der Waals surface area contributed by atoms with E-state index in [0.717, 1.165) is 16.7 Å². The Morgan fingerprint density at radius 3 is 2.48 bits per heavy atom. The Labute approximate surface area is 153 Å². The van der Waals surface area contributed by atoms with Crippen LogP contribution in [-0.2, 0) is 14.3 Å². The van der Waals surface area contributed by atoms with E-state index in [0.29, 0.717) is 22.8 Å². The number of carbonyl (C=O) groups is 2. The molecule has 1 aromatic carbocycles. The van der Waals surface area contributed by atoms with E-state index in [-0.39, 0.29) is 31.1 Å². The molecule has 0 saturated carbocycles. The molecule has 1 heterocycles. The number of ether oxygens (including phenoxy) is 1. The minimum Gasteiger partial charge on any atom is -0.396 e. The van der Waals surface area contributed by atoms with Crippen LogP contribution in [0.2, 0.25) is 0 Å². The van der Waals surface area contributed by atoms with E-state index in [4.69, 9.17) is 9.84 Å². The highest BCUT2D eigenvalue weighted by Gasteiger charge is 2.38. The highest BCUT2D eigenvalue weighted by molar-refractivity contribution is 8.04. The van der Waals surface area contributed by atoms with Crippen LogP contribution >= 0.6 is 11.8 Å². The zero-order valence-electron chi connectivity index (χ0n) is 15.2. The van der Waals surface area contributed by atoms with Gasteiger partial charge in [-0.2, -0.15) is 0 Å². The second kappa shape index (κ2) is 8.65. The second-order valence-electron chi connectivity index (χ2n) is 6.26. The molecule has 6 heteroatoms. The third-order valence-corrected chi connectivity index (χ3v) is 5.08. The molecule has 0 spiro atoms. The van der Waals surface area contributed by atoms with Crippen LogP contribution in [0.4, 0.5) is 0 Å². The van der Waals surface area contributed by atoms with Crippen molar-refractivity contribution >= 4 is 29.1 Å². The first-order valence-electron chi connectivity index (χ1n) is 8.40. The zero-order chi connectivity index (χ0) is 18.6. The van der Waals surface area contributed by atoms with Gasteiger partial charge in [-0.3, -0.25) is 14.5 Å². The summed E-state index contributed by atoms with van der Waals surface area (Å²) >= 11 is 1.23. The van der Waals surface area contributed by atoms with Crippen LogP contribution in [-0.4, -0.2) is 53.4 Å². The summed E-state index contributed by atoms with van der Waals surface area (Å²) in [6, 6.07) is 5.76. The Morgan fingerprint density at radius 1 is 1.16 bits per heavy atom. The molecule has 0 saturated heterocycles. The number of aryl methyl sites for hydroxylation is 2. The first-order chi connectivity index (χ1) is 11.9. The number of amides is 2. The molecule has 1 N–H and O–H groups in total. The molecule has 0 atom stereocenters. The fraction of sp³-hybridized carbons (Fsp3) is 0.474. The van der Waals surface area contributed by atoms with Gasteiger partial charge in [0.15, 0.2) is 0 Å². The normalized spacial score (nSPS) is 15.0. The summed E-state index contributed by atoms with van der Waals surface area (Å²) in [5, 5.41) is 9.11. The van der Waals surface area contributed by atoms with E-state index >= 15 is 0 Å². The lowest BCUT2D eigenvalue weighted by Gasteiger charge is -2.16. The molecule has 1 aliphatic rings. The Hall–Kier alpha value is -1.63. The fourth-order valence-corrected chi connectivity index (χ4v) is 3.45. The first kappa shape index (κ1) is 19.7. The van der Waals surface area contributed by atoms with Gasteiger partial charge in [-0.05, 0) is 44.4 Å². The predicted molar refractivity (Wildman–Crippen MR) is 100 cm³/mol. The van der Waals surface area contributed by atoms with Gasteiger partial charge in [-0.1, -0.05) is 18.2 Å². The third kappa shape index (κ3) is 4.51. The average Bonchev–Trinajstić information content (AvgIpc) is 2.79. The minimum atomic E-state index is -0.302. The van der Waals surface area contributed by atoms with Crippen molar-refractivity contribution in [2.45, 2.75) is 33.8 Å². The molecule has 25 heavy (non-hydrogen) atoms. The molecule has 0 aliphatic carbocycles. The molecule has 5 nitrogen and oxygen atoms in total. The minimum absolute atomic E-state index is 0.0446. The Bertz CT molecular complexity index is 697. The van der Waals surface area contributed by atoms with Gasteiger partial charge in [0, 0.05) is 5.75 Å². The number of hydrogen-bond acceptors (Lipinski definition) is 5. The van der Waals surface area contributed by atoms with Crippen LogP contribution in [0.1, 0.15) is 30.5 Å². The van der Waals surface area contributed by atoms with Crippen molar-refractivity contribution in [2.24, 2.45) is 0 Å². The van der Waals surface area contributed by atoms with E-state index in [9.17, 15) is 9.59 Å². The van der Waals surface area contributed by atoms with Gasteiger partial charge in [0.2, 0.25) is 0 Å². The largest absolute Gasteiger partial charge is 0.396 e. The van der Waals surface area contributed by atoms with E-state index < -0.39 is 0 Å². The molecule has 0 aromatic heterocycles. The number of imide groups is 1.